The topological polar surface area (TPSA) is 52.3 Å². The van der Waals surface area contributed by atoms with Crippen LogP contribution in [0.3, 0.4) is 0 Å². The Kier molecular flexibility index (Phi) is 6.15. The van der Waals surface area contributed by atoms with Crippen molar-refractivity contribution in [1.82, 2.24) is 5.16 Å². The highest BCUT2D eigenvalue weighted by Gasteiger charge is 2.15. The van der Waals surface area contributed by atoms with Crippen LogP contribution < -0.4 is 0 Å². The predicted octanol–water partition coefficient (Wildman–Crippen LogP) is 6.03. The molecule has 4 rings (SSSR count). The van der Waals surface area contributed by atoms with Crippen molar-refractivity contribution in [2.75, 3.05) is 0 Å². The van der Waals surface area contributed by atoms with Crippen LogP contribution in [0.1, 0.15) is 47.4 Å². The highest BCUT2D eigenvalue weighted by atomic mass is 35.5. The Labute approximate surface area is 179 Å². The number of ether oxygens (including phenoxy) is 1. The molecule has 0 radical (unpaired) electrons. The van der Waals surface area contributed by atoms with Gasteiger partial charge in [0.05, 0.1) is 10.6 Å². The standard InChI is InChI=1S/C24H19ClFNO3/c25-21-13-18(12-11-17(21)10-9-16-5-1-2-6-16)24(28)29-15-19-14-23(27-30-19)20-7-3-4-8-22(20)26/h3-4,7-8,11-14,16H,1-2,5-6,15H2. The third-order valence-electron chi connectivity index (χ3n) is 5.03. The Bertz CT molecular complexity index is 1120. The number of rotatable bonds is 4. The molecule has 1 aromatic heterocycles. The molecular formula is C24H19ClFNO3. The monoisotopic (exact) mass is 423 g/mol. The van der Waals surface area contributed by atoms with Crippen molar-refractivity contribution in [3.8, 4) is 23.1 Å². The molecule has 0 spiro atoms. The van der Waals surface area contributed by atoms with Gasteiger partial charge in [-0.25, -0.2) is 9.18 Å². The van der Waals surface area contributed by atoms with Gasteiger partial charge >= 0.3 is 5.97 Å². The first-order valence-electron chi connectivity index (χ1n) is 9.79. The average molecular weight is 424 g/mol. The number of carbonyl (C=O) groups is 1. The number of nitrogens with zero attached hydrogens (tertiary/aromatic N) is 1. The first-order valence-corrected chi connectivity index (χ1v) is 10.2. The minimum absolute atomic E-state index is 0.124. The number of hydrogen-bond donors (Lipinski definition) is 0. The van der Waals surface area contributed by atoms with Gasteiger partial charge in [0.15, 0.2) is 12.4 Å². The lowest BCUT2D eigenvalue weighted by molar-refractivity contribution is 0.0437. The molecule has 1 aliphatic rings. The summed E-state index contributed by atoms with van der Waals surface area (Å²) in [6, 6.07) is 12.7. The van der Waals surface area contributed by atoms with E-state index in [1.54, 1.807) is 42.5 Å². The molecule has 152 valence electrons. The summed E-state index contributed by atoms with van der Waals surface area (Å²) in [6.07, 6.45) is 4.72. The molecule has 0 atom stereocenters. The number of benzene rings is 2. The van der Waals surface area contributed by atoms with Crippen LogP contribution in [-0.4, -0.2) is 11.1 Å². The van der Waals surface area contributed by atoms with Crippen LogP contribution in [-0.2, 0) is 11.3 Å². The largest absolute Gasteiger partial charge is 0.454 e. The zero-order valence-corrected chi connectivity index (χ0v) is 16.9. The molecule has 1 saturated carbocycles. The summed E-state index contributed by atoms with van der Waals surface area (Å²) in [7, 11) is 0. The van der Waals surface area contributed by atoms with Gasteiger partial charge in [-0.05, 0) is 43.2 Å². The summed E-state index contributed by atoms with van der Waals surface area (Å²) >= 11 is 6.29. The van der Waals surface area contributed by atoms with Crippen LogP contribution in [0.2, 0.25) is 5.02 Å². The minimum Gasteiger partial charge on any atom is -0.454 e. The molecule has 4 nitrogen and oxygen atoms in total. The van der Waals surface area contributed by atoms with Crippen LogP contribution >= 0.6 is 11.6 Å². The summed E-state index contributed by atoms with van der Waals surface area (Å²) < 4.78 is 24.3. The molecule has 2 aromatic carbocycles. The minimum atomic E-state index is -0.545. The van der Waals surface area contributed by atoms with E-state index < -0.39 is 11.8 Å². The van der Waals surface area contributed by atoms with Gasteiger partial charge < -0.3 is 9.26 Å². The average Bonchev–Trinajstić information content (AvgIpc) is 3.43. The summed E-state index contributed by atoms with van der Waals surface area (Å²) in [5, 5.41) is 4.25. The van der Waals surface area contributed by atoms with E-state index in [-0.39, 0.29) is 6.61 Å². The second-order valence-corrected chi connectivity index (χ2v) is 7.59. The maximum atomic E-state index is 13.8. The van der Waals surface area contributed by atoms with E-state index in [0.29, 0.717) is 39.1 Å². The second-order valence-electron chi connectivity index (χ2n) is 7.18. The fourth-order valence-corrected chi connectivity index (χ4v) is 3.62. The molecule has 0 saturated heterocycles. The Morgan fingerprint density at radius 1 is 1.20 bits per heavy atom. The van der Waals surface area contributed by atoms with Gasteiger partial charge in [0.1, 0.15) is 11.5 Å². The Morgan fingerprint density at radius 3 is 2.77 bits per heavy atom. The number of carbonyl (C=O) groups excluding carboxylic acids is 1. The molecule has 3 aromatic rings. The second kappa shape index (κ2) is 9.15. The number of esters is 1. The smallest absolute Gasteiger partial charge is 0.338 e. The van der Waals surface area contributed by atoms with Crippen molar-refractivity contribution in [3.63, 3.8) is 0 Å². The van der Waals surface area contributed by atoms with Crippen LogP contribution in [0.25, 0.3) is 11.3 Å². The zero-order valence-electron chi connectivity index (χ0n) is 16.2. The van der Waals surface area contributed by atoms with Gasteiger partial charge in [-0.15, -0.1) is 0 Å². The quantitative estimate of drug-likeness (QED) is 0.379. The van der Waals surface area contributed by atoms with Crippen molar-refractivity contribution in [2.24, 2.45) is 5.92 Å². The SMILES string of the molecule is O=C(OCc1cc(-c2ccccc2F)no1)c1ccc(C#CC2CCCC2)c(Cl)c1. The summed E-state index contributed by atoms with van der Waals surface area (Å²) in [4.78, 5) is 12.3. The van der Waals surface area contributed by atoms with Gasteiger partial charge in [0, 0.05) is 23.1 Å². The van der Waals surface area contributed by atoms with E-state index in [9.17, 15) is 9.18 Å². The number of halogens is 2. The van der Waals surface area contributed by atoms with E-state index in [0.717, 1.165) is 12.8 Å². The molecule has 0 amide bonds. The van der Waals surface area contributed by atoms with E-state index in [2.05, 4.69) is 17.0 Å². The lowest BCUT2D eigenvalue weighted by Gasteiger charge is -2.04. The molecule has 1 fully saturated rings. The fraction of sp³-hybridized carbons (Fsp3) is 0.250. The van der Waals surface area contributed by atoms with Crippen molar-refractivity contribution in [2.45, 2.75) is 32.3 Å². The normalized spacial score (nSPS) is 13.7. The molecule has 0 bridgehead atoms. The van der Waals surface area contributed by atoms with Crippen LogP contribution in [0.15, 0.2) is 53.1 Å². The van der Waals surface area contributed by atoms with Crippen molar-refractivity contribution in [3.05, 3.63) is 76.3 Å². The van der Waals surface area contributed by atoms with Gasteiger partial charge in [0.25, 0.3) is 0 Å². The zero-order chi connectivity index (χ0) is 20.9. The van der Waals surface area contributed by atoms with Crippen LogP contribution in [0, 0.1) is 23.6 Å². The summed E-state index contributed by atoms with van der Waals surface area (Å²) in [5.41, 5.74) is 1.68. The number of hydrogen-bond acceptors (Lipinski definition) is 4. The Hall–Kier alpha value is -3.10. The first kappa shape index (κ1) is 20.2. The fourth-order valence-electron chi connectivity index (χ4n) is 3.39. The van der Waals surface area contributed by atoms with Gasteiger partial charge in [-0.2, -0.15) is 0 Å². The van der Waals surface area contributed by atoms with Crippen molar-refractivity contribution in [1.29, 1.82) is 0 Å². The molecule has 0 N–H and O–H groups in total. The maximum Gasteiger partial charge on any atom is 0.338 e. The molecule has 0 aliphatic heterocycles. The predicted molar refractivity (Wildman–Crippen MR) is 111 cm³/mol. The van der Waals surface area contributed by atoms with Crippen LogP contribution in [0.4, 0.5) is 4.39 Å². The highest BCUT2D eigenvalue weighted by Crippen LogP contribution is 2.25. The van der Waals surface area contributed by atoms with Gasteiger partial charge in [-0.3, -0.25) is 0 Å². The van der Waals surface area contributed by atoms with E-state index in [1.165, 1.54) is 18.9 Å². The third-order valence-corrected chi connectivity index (χ3v) is 5.34. The molecule has 6 heteroatoms. The molecule has 30 heavy (non-hydrogen) atoms. The van der Waals surface area contributed by atoms with Gasteiger partial charge in [0.2, 0.25) is 0 Å². The van der Waals surface area contributed by atoms with Crippen molar-refractivity contribution < 1.29 is 18.4 Å². The third kappa shape index (κ3) is 4.72. The van der Waals surface area contributed by atoms with E-state index >= 15 is 0 Å². The molecule has 0 unspecified atom stereocenters. The van der Waals surface area contributed by atoms with Gasteiger partial charge in [-0.1, -0.05) is 53.6 Å². The lowest BCUT2D eigenvalue weighted by atomic mass is 10.1. The first-order chi connectivity index (χ1) is 14.6. The summed E-state index contributed by atoms with van der Waals surface area (Å²) in [5.74, 6) is 6.17. The lowest BCUT2D eigenvalue weighted by Crippen LogP contribution is -2.05. The molecule has 1 heterocycles. The highest BCUT2D eigenvalue weighted by molar-refractivity contribution is 6.32. The van der Waals surface area contributed by atoms with E-state index in [4.69, 9.17) is 20.9 Å². The van der Waals surface area contributed by atoms with Crippen LogP contribution in [0.5, 0.6) is 0 Å². The maximum absolute atomic E-state index is 13.8. The number of aromatic nitrogens is 1. The van der Waals surface area contributed by atoms with E-state index in [1.807, 2.05) is 0 Å². The Morgan fingerprint density at radius 2 is 2.00 bits per heavy atom. The molecular weight excluding hydrogens is 405 g/mol. The molecule has 1 aliphatic carbocycles. The Balaban J connectivity index is 1.38. The van der Waals surface area contributed by atoms with Crippen molar-refractivity contribution >= 4 is 17.6 Å². The summed E-state index contributed by atoms with van der Waals surface area (Å²) in [6.45, 7) is -0.124.